The molecule has 3 heteroatoms. The molecule has 0 atom stereocenters. The minimum Gasteiger partial charge on any atom is -0.494 e. The molecule has 1 aliphatic heterocycles. The Bertz CT molecular complexity index is 366. The van der Waals surface area contributed by atoms with Gasteiger partial charge in [-0.15, -0.1) is 0 Å². The summed E-state index contributed by atoms with van der Waals surface area (Å²) in [6.07, 6.45) is 1.09. The molecule has 1 saturated heterocycles. The van der Waals surface area contributed by atoms with Gasteiger partial charge in [0.1, 0.15) is 5.75 Å². The summed E-state index contributed by atoms with van der Waals surface area (Å²) in [5.41, 5.74) is 0.651. The molecule has 0 spiro atoms. The lowest BCUT2D eigenvalue weighted by molar-refractivity contribution is 0.238. The fourth-order valence-corrected chi connectivity index (χ4v) is 1.55. The van der Waals surface area contributed by atoms with E-state index in [1.165, 1.54) is 0 Å². The number of benzene rings is 1. The van der Waals surface area contributed by atoms with Crippen LogP contribution < -0.4 is 10.1 Å². The second kappa shape index (κ2) is 4.81. The van der Waals surface area contributed by atoms with Gasteiger partial charge in [-0.25, -0.2) is 0 Å². The number of hydrogen-bond donors (Lipinski definition) is 1. The molecule has 0 aromatic heterocycles. The molecule has 1 aliphatic rings. The maximum absolute atomic E-state index is 8.71. The Balaban J connectivity index is 1.79. The van der Waals surface area contributed by atoms with Crippen molar-refractivity contribution >= 4 is 0 Å². The summed E-state index contributed by atoms with van der Waals surface area (Å²) in [4.78, 5) is 0. The summed E-state index contributed by atoms with van der Waals surface area (Å²) in [5, 5.41) is 11.9. The third-order valence-corrected chi connectivity index (χ3v) is 2.62. The molecule has 1 aromatic rings. The van der Waals surface area contributed by atoms with Crippen LogP contribution in [0.1, 0.15) is 12.0 Å². The zero-order chi connectivity index (χ0) is 10.5. The second-order valence-corrected chi connectivity index (χ2v) is 3.80. The molecule has 1 aromatic carbocycles. The van der Waals surface area contributed by atoms with Crippen LogP contribution in [0.15, 0.2) is 24.3 Å². The van der Waals surface area contributed by atoms with E-state index < -0.39 is 0 Å². The molecule has 78 valence electrons. The summed E-state index contributed by atoms with van der Waals surface area (Å²) in [5.74, 6) is 1.56. The fraction of sp³-hybridized carbons (Fsp3) is 0.417. The van der Waals surface area contributed by atoms with Gasteiger partial charge in [-0.1, -0.05) is 6.07 Å². The molecule has 0 saturated carbocycles. The molecule has 0 bridgehead atoms. The van der Waals surface area contributed by atoms with Crippen molar-refractivity contribution in [3.63, 3.8) is 0 Å². The Morgan fingerprint density at radius 3 is 3.00 bits per heavy atom. The molecule has 0 aliphatic carbocycles. The monoisotopic (exact) mass is 202 g/mol. The normalized spacial score (nSPS) is 15.4. The molecule has 1 heterocycles. The molecule has 0 radical (unpaired) electrons. The number of hydrogen-bond acceptors (Lipinski definition) is 3. The number of nitrogens with zero attached hydrogens (tertiary/aromatic N) is 1. The van der Waals surface area contributed by atoms with Crippen molar-refractivity contribution in [2.75, 3.05) is 19.7 Å². The summed E-state index contributed by atoms with van der Waals surface area (Å²) in [6.45, 7) is 2.96. The highest BCUT2D eigenvalue weighted by Gasteiger charge is 2.15. The minimum atomic E-state index is 0.651. The molecular formula is C12H14N2O. The molecule has 3 nitrogen and oxygen atoms in total. The highest BCUT2D eigenvalue weighted by Crippen LogP contribution is 2.14. The first-order chi connectivity index (χ1) is 7.38. The smallest absolute Gasteiger partial charge is 0.120 e. The summed E-state index contributed by atoms with van der Waals surface area (Å²) >= 11 is 0. The van der Waals surface area contributed by atoms with Crippen LogP contribution in [0, 0.1) is 17.2 Å². The second-order valence-electron chi connectivity index (χ2n) is 3.80. The summed E-state index contributed by atoms with van der Waals surface area (Å²) < 4.78 is 5.58. The maximum Gasteiger partial charge on any atom is 0.120 e. The Hall–Kier alpha value is -1.53. The number of nitriles is 1. The van der Waals surface area contributed by atoms with Gasteiger partial charge >= 0.3 is 0 Å². The van der Waals surface area contributed by atoms with E-state index in [0.717, 1.165) is 37.8 Å². The average molecular weight is 202 g/mol. The first-order valence-electron chi connectivity index (χ1n) is 5.22. The van der Waals surface area contributed by atoms with Crippen molar-refractivity contribution in [2.24, 2.45) is 5.92 Å². The molecule has 2 rings (SSSR count). The third-order valence-electron chi connectivity index (χ3n) is 2.62. The van der Waals surface area contributed by atoms with Crippen molar-refractivity contribution < 1.29 is 4.74 Å². The van der Waals surface area contributed by atoms with E-state index in [1.807, 2.05) is 12.1 Å². The number of rotatable bonds is 4. The van der Waals surface area contributed by atoms with Crippen molar-refractivity contribution in [3.05, 3.63) is 29.8 Å². The van der Waals surface area contributed by atoms with Crippen molar-refractivity contribution in [3.8, 4) is 11.8 Å². The Kier molecular flexibility index (Phi) is 3.21. The zero-order valence-electron chi connectivity index (χ0n) is 8.57. The third kappa shape index (κ3) is 2.71. The van der Waals surface area contributed by atoms with Gasteiger partial charge in [0.05, 0.1) is 18.2 Å². The maximum atomic E-state index is 8.71. The molecular weight excluding hydrogens is 188 g/mol. The van der Waals surface area contributed by atoms with Gasteiger partial charge in [0.25, 0.3) is 0 Å². The Morgan fingerprint density at radius 1 is 1.47 bits per heavy atom. The van der Waals surface area contributed by atoms with Crippen LogP contribution >= 0.6 is 0 Å². The minimum absolute atomic E-state index is 0.651. The molecule has 0 amide bonds. The lowest BCUT2D eigenvalue weighted by atomic mass is 10.0. The topological polar surface area (TPSA) is 45.0 Å². The van der Waals surface area contributed by atoms with Crippen molar-refractivity contribution in [1.82, 2.24) is 5.32 Å². The SMILES string of the molecule is N#Cc1cccc(OCCC2CNC2)c1. The summed E-state index contributed by atoms with van der Waals surface area (Å²) in [6, 6.07) is 9.39. The average Bonchev–Trinajstić information content (AvgIpc) is 2.22. The van der Waals surface area contributed by atoms with Gasteiger partial charge in [0.15, 0.2) is 0 Å². The molecule has 1 fully saturated rings. The zero-order valence-corrected chi connectivity index (χ0v) is 8.57. The van der Waals surface area contributed by atoms with Crippen LogP contribution in [-0.2, 0) is 0 Å². The van der Waals surface area contributed by atoms with Gasteiger partial charge in [0, 0.05) is 0 Å². The van der Waals surface area contributed by atoms with Crippen LogP contribution in [0.3, 0.4) is 0 Å². The van der Waals surface area contributed by atoms with Crippen LogP contribution in [-0.4, -0.2) is 19.7 Å². The van der Waals surface area contributed by atoms with Crippen LogP contribution in [0.5, 0.6) is 5.75 Å². The number of ether oxygens (including phenoxy) is 1. The van der Waals surface area contributed by atoms with E-state index in [2.05, 4.69) is 11.4 Å². The predicted molar refractivity (Wildman–Crippen MR) is 57.6 cm³/mol. The van der Waals surface area contributed by atoms with Gasteiger partial charge in [-0.2, -0.15) is 5.26 Å². The first kappa shape index (κ1) is 10.0. The molecule has 0 unspecified atom stereocenters. The first-order valence-corrected chi connectivity index (χ1v) is 5.22. The van der Waals surface area contributed by atoms with Crippen LogP contribution in [0.2, 0.25) is 0 Å². The van der Waals surface area contributed by atoms with Crippen LogP contribution in [0.4, 0.5) is 0 Å². The predicted octanol–water partition coefficient (Wildman–Crippen LogP) is 1.55. The largest absolute Gasteiger partial charge is 0.494 e. The lowest BCUT2D eigenvalue weighted by Crippen LogP contribution is -2.42. The van der Waals surface area contributed by atoms with Gasteiger partial charge < -0.3 is 10.1 Å². The van der Waals surface area contributed by atoms with Gasteiger partial charge in [0.2, 0.25) is 0 Å². The van der Waals surface area contributed by atoms with Gasteiger partial charge in [-0.05, 0) is 43.6 Å². The molecule has 1 N–H and O–H groups in total. The van der Waals surface area contributed by atoms with E-state index >= 15 is 0 Å². The van der Waals surface area contributed by atoms with E-state index in [1.54, 1.807) is 12.1 Å². The van der Waals surface area contributed by atoms with E-state index in [-0.39, 0.29) is 0 Å². The van der Waals surface area contributed by atoms with Crippen molar-refractivity contribution in [2.45, 2.75) is 6.42 Å². The summed E-state index contributed by atoms with van der Waals surface area (Å²) in [7, 11) is 0. The highest BCUT2D eigenvalue weighted by atomic mass is 16.5. The van der Waals surface area contributed by atoms with E-state index in [4.69, 9.17) is 10.00 Å². The number of nitrogens with one attached hydrogen (secondary N) is 1. The Labute approximate surface area is 89.7 Å². The standard InChI is InChI=1S/C12H14N2O/c13-7-10-2-1-3-12(6-10)15-5-4-11-8-14-9-11/h1-3,6,11,14H,4-5,8-9H2. The van der Waals surface area contributed by atoms with E-state index in [9.17, 15) is 0 Å². The molecule has 15 heavy (non-hydrogen) atoms. The fourth-order valence-electron chi connectivity index (χ4n) is 1.55. The van der Waals surface area contributed by atoms with Gasteiger partial charge in [-0.3, -0.25) is 0 Å². The quantitative estimate of drug-likeness (QED) is 0.805. The van der Waals surface area contributed by atoms with Crippen molar-refractivity contribution in [1.29, 1.82) is 5.26 Å². The Morgan fingerprint density at radius 2 is 2.33 bits per heavy atom. The lowest BCUT2D eigenvalue weighted by Gasteiger charge is -2.26. The van der Waals surface area contributed by atoms with Crippen LogP contribution in [0.25, 0.3) is 0 Å². The van der Waals surface area contributed by atoms with E-state index in [0.29, 0.717) is 5.56 Å². The highest BCUT2D eigenvalue weighted by molar-refractivity contribution is 5.36.